The average molecular weight is 225 g/mol. The average Bonchev–Trinajstić information content (AvgIpc) is 2.67. The number of terminal acetylenes is 1. The second kappa shape index (κ2) is 4.41. The highest BCUT2D eigenvalue weighted by atomic mass is 16.3. The van der Waals surface area contributed by atoms with Crippen molar-refractivity contribution in [1.82, 2.24) is 0 Å². The van der Waals surface area contributed by atoms with Crippen LogP contribution < -0.4 is 0 Å². The lowest BCUT2D eigenvalue weighted by Crippen LogP contribution is -2.25. The fourth-order valence-corrected chi connectivity index (χ4v) is 2.16. The summed E-state index contributed by atoms with van der Waals surface area (Å²) in [5.41, 5.74) is 1.89. The molecule has 0 saturated carbocycles. The van der Waals surface area contributed by atoms with Crippen molar-refractivity contribution in [2.45, 2.75) is 18.9 Å². The van der Waals surface area contributed by atoms with Crippen LogP contribution in [0.3, 0.4) is 0 Å². The standard InChI is InChI=1S/C14H11NO2/c1-2-3-13(16)12-7-10-5-4-9(8-15)6-11(10)14(12)17/h1,4-6,12-13,16H,3,7H2. The molecule has 0 aliphatic heterocycles. The third kappa shape index (κ3) is 1.93. The zero-order valence-electron chi connectivity index (χ0n) is 9.18. The fraction of sp³-hybridized carbons (Fsp3) is 0.286. The first kappa shape index (κ1) is 11.4. The Bertz CT molecular complexity index is 548. The molecule has 3 heteroatoms. The Morgan fingerprint density at radius 1 is 1.59 bits per heavy atom. The van der Waals surface area contributed by atoms with Gasteiger partial charge in [0.25, 0.3) is 0 Å². The third-order valence-corrected chi connectivity index (χ3v) is 3.07. The van der Waals surface area contributed by atoms with Gasteiger partial charge in [-0.2, -0.15) is 5.26 Å². The molecule has 0 saturated heterocycles. The van der Waals surface area contributed by atoms with Crippen LogP contribution in [0.4, 0.5) is 0 Å². The summed E-state index contributed by atoms with van der Waals surface area (Å²) >= 11 is 0. The van der Waals surface area contributed by atoms with Crippen LogP contribution in [-0.4, -0.2) is 17.0 Å². The van der Waals surface area contributed by atoms with E-state index in [-0.39, 0.29) is 12.2 Å². The Balaban J connectivity index is 2.31. The maximum absolute atomic E-state index is 12.0. The predicted molar refractivity (Wildman–Crippen MR) is 62.1 cm³/mol. The van der Waals surface area contributed by atoms with Crippen LogP contribution >= 0.6 is 0 Å². The molecule has 0 radical (unpaired) electrons. The fourth-order valence-electron chi connectivity index (χ4n) is 2.16. The number of fused-ring (bicyclic) bond motifs is 1. The van der Waals surface area contributed by atoms with Gasteiger partial charge in [-0.1, -0.05) is 6.07 Å². The Morgan fingerprint density at radius 3 is 3.00 bits per heavy atom. The molecule has 1 aliphatic carbocycles. The van der Waals surface area contributed by atoms with Gasteiger partial charge in [-0.05, 0) is 24.1 Å². The number of hydrogen-bond acceptors (Lipinski definition) is 3. The number of carbonyl (C=O) groups excluding carboxylic acids is 1. The number of aliphatic hydroxyl groups is 1. The van der Waals surface area contributed by atoms with Crippen LogP contribution in [0, 0.1) is 29.6 Å². The molecule has 17 heavy (non-hydrogen) atoms. The van der Waals surface area contributed by atoms with Gasteiger partial charge in [0, 0.05) is 12.0 Å². The molecule has 1 aliphatic rings. The van der Waals surface area contributed by atoms with E-state index in [1.165, 1.54) is 0 Å². The van der Waals surface area contributed by atoms with Crippen LogP contribution in [0.15, 0.2) is 18.2 Å². The van der Waals surface area contributed by atoms with Gasteiger partial charge in [-0.3, -0.25) is 4.79 Å². The first-order valence-corrected chi connectivity index (χ1v) is 5.36. The van der Waals surface area contributed by atoms with Gasteiger partial charge in [0.1, 0.15) is 0 Å². The quantitative estimate of drug-likeness (QED) is 0.772. The predicted octanol–water partition coefficient (Wildman–Crippen LogP) is 1.30. The first-order chi connectivity index (χ1) is 8.17. The first-order valence-electron chi connectivity index (χ1n) is 5.36. The van der Waals surface area contributed by atoms with Crippen molar-refractivity contribution in [3.63, 3.8) is 0 Å². The van der Waals surface area contributed by atoms with E-state index in [1.54, 1.807) is 18.2 Å². The molecule has 0 amide bonds. The van der Waals surface area contributed by atoms with Gasteiger partial charge in [-0.25, -0.2) is 0 Å². The van der Waals surface area contributed by atoms with E-state index in [2.05, 4.69) is 5.92 Å². The molecule has 1 N–H and O–H groups in total. The van der Waals surface area contributed by atoms with Crippen molar-refractivity contribution in [2.24, 2.45) is 5.92 Å². The van der Waals surface area contributed by atoms with Crippen molar-refractivity contribution in [3.05, 3.63) is 34.9 Å². The van der Waals surface area contributed by atoms with Crippen LogP contribution in [0.2, 0.25) is 0 Å². The highest BCUT2D eigenvalue weighted by Gasteiger charge is 2.35. The minimum atomic E-state index is -0.801. The zero-order chi connectivity index (χ0) is 12.4. The summed E-state index contributed by atoms with van der Waals surface area (Å²) in [6.07, 6.45) is 5.01. The number of benzene rings is 1. The number of aliphatic hydroxyl groups excluding tert-OH is 1. The van der Waals surface area contributed by atoms with Gasteiger partial charge in [0.2, 0.25) is 0 Å². The van der Waals surface area contributed by atoms with Gasteiger partial charge < -0.3 is 5.11 Å². The summed E-state index contributed by atoms with van der Waals surface area (Å²) in [6, 6.07) is 7.04. The Kier molecular flexibility index (Phi) is 2.95. The molecule has 2 unspecified atom stereocenters. The summed E-state index contributed by atoms with van der Waals surface area (Å²) in [5, 5.41) is 18.6. The molecule has 0 fully saturated rings. The summed E-state index contributed by atoms with van der Waals surface area (Å²) in [4.78, 5) is 12.0. The van der Waals surface area contributed by atoms with Crippen molar-refractivity contribution in [3.8, 4) is 18.4 Å². The second-order valence-corrected chi connectivity index (χ2v) is 4.13. The van der Waals surface area contributed by atoms with Crippen molar-refractivity contribution < 1.29 is 9.90 Å². The number of carbonyl (C=O) groups is 1. The van der Waals surface area contributed by atoms with E-state index >= 15 is 0 Å². The molecule has 1 aromatic carbocycles. The molecule has 1 aromatic rings. The number of rotatable bonds is 2. The number of ketones is 1. The van der Waals surface area contributed by atoms with Crippen molar-refractivity contribution in [1.29, 1.82) is 5.26 Å². The van der Waals surface area contributed by atoms with Crippen LogP contribution in [-0.2, 0) is 6.42 Å². The number of hydrogen-bond donors (Lipinski definition) is 1. The normalized spacial score (nSPS) is 19.2. The largest absolute Gasteiger partial charge is 0.391 e. The molecule has 2 atom stereocenters. The lowest BCUT2D eigenvalue weighted by atomic mass is 9.96. The number of nitrogens with zero attached hydrogens (tertiary/aromatic N) is 1. The Hall–Kier alpha value is -2.10. The molecular weight excluding hydrogens is 214 g/mol. The maximum Gasteiger partial charge on any atom is 0.169 e. The monoisotopic (exact) mass is 225 g/mol. The zero-order valence-corrected chi connectivity index (χ0v) is 9.18. The van der Waals surface area contributed by atoms with Gasteiger partial charge >= 0.3 is 0 Å². The SMILES string of the molecule is C#CCC(O)C1Cc2ccc(C#N)cc2C1=O. The number of nitriles is 1. The minimum Gasteiger partial charge on any atom is -0.391 e. The Morgan fingerprint density at radius 2 is 2.35 bits per heavy atom. The summed E-state index contributed by atoms with van der Waals surface area (Å²) in [5.74, 6) is 1.79. The minimum absolute atomic E-state index is 0.111. The van der Waals surface area contributed by atoms with Crippen LogP contribution in [0.5, 0.6) is 0 Å². The molecule has 3 nitrogen and oxygen atoms in total. The molecular formula is C14H11NO2. The molecule has 2 rings (SSSR count). The third-order valence-electron chi connectivity index (χ3n) is 3.07. The summed E-state index contributed by atoms with van der Waals surface area (Å²) in [6.45, 7) is 0. The van der Waals surface area contributed by atoms with E-state index < -0.39 is 12.0 Å². The van der Waals surface area contributed by atoms with Crippen LogP contribution in [0.25, 0.3) is 0 Å². The van der Waals surface area contributed by atoms with Crippen molar-refractivity contribution >= 4 is 5.78 Å². The van der Waals surface area contributed by atoms with Crippen LogP contribution in [0.1, 0.15) is 27.9 Å². The molecule has 84 valence electrons. The van der Waals surface area contributed by atoms with E-state index in [0.717, 1.165) is 5.56 Å². The lowest BCUT2D eigenvalue weighted by molar-refractivity contribution is 0.0725. The highest BCUT2D eigenvalue weighted by Crippen LogP contribution is 2.30. The van der Waals surface area contributed by atoms with E-state index in [4.69, 9.17) is 11.7 Å². The van der Waals surface area contributed by atoms with Gasteiger partial charge in [-0.15, -0.1) is 12.3 Å². The van der Waals surface area contributed by atoms with E-state index in [0.29, 0.717) is 17.5 Å². The Labute approximate surface area is 99.7 Å². The second-order valence-electron chi connectivity index (χ2n) is 4.13. The molecule has 0 spiro atoms. The summed E-state index contributed by atoms with van der Waals surface area (Å²) in [7, 11) is 0. The molecule has 0 aromatic heterocycles. The van der Waals surface area contributed by atoms with E-state index in [1.807, 2.05) is 6.07 Å². The maximum atomic E-state index is 12.0. The van der Waals surface area contributed by atoms with Gasteiger partial charge in [0.05, 0.1) is 23.7 Å². The lowest BCUT2D eigenvalue weighted by Gasteiger charge is -2.13. The summed E-state index contributed by atoms with van der Waals surface area (Å²) < 4.78 is 0. The topological polar surface area (TPSA) is 61.1 Å². The number of Topliss-reactive ketones (excluding diaryl/α,β-unsaturated/α-hetero) is 1. The molecule has 0 heterocycles. The van der Waals surface area contributed by atoms with E-state index in [9.17, 15) is 9.90 Å². The van der Waals surface area contributed by atoms with Crippen molar-refractivity contribution in [2.75, 3.05) is 0 Å². The van der Waals surface area contributed by atoms with Gasteiger partial charge in [0.15, 0.2) is 5.78 Å². The molecule has 0 bridgehead atoms. The smallest absolute Gasteiger partial charge is 0.169 e. The highest BCUT2D eigenvalue weighted by molar-refractivity contribution is 6.02.